The van der Waals surface area contributed by atoms with Gasteiger partial charge in [-0.25, -0.2) is 4.99 Å². The zero-order valence-corrected chi connectivity index (χ0v) is 14.8. The molecule has 112 valence electrons. The third-order valence-corrected chi connectivity index (χ3v) is 3.87. The molecule has 0 amide bonds. The van der Waals surface area contributed by atoms with E-state index in [1.165, 1.54) is 0 Å². The molecule has 0 saturated carbocycles. The number of thioether (sulfide) groups is 1. The number of aliphatic imine (C=N–C) groups is 1. The minimum atomic E-state index is 0. The van der Waals surface area contributed by atoms with E-state index in [-0.39, 0.29) is 30.1 Å². The average molecular weight is 407 g/mol. The van der Waals surface area contributed by atoms with Crippen molar-refractivity contribution in [2.24, 2.45) is 10.7 Å². The van der Waals surface area contributed by atoms with E-state index in [9.17, 15) is 0 Å². The normalized spacial score (nSPS) is 17.2. The van der Waals surface area contributed by atoms with Crippen molar-refractivity contribution in [2.45, 2.75) is 13.0 Å². The maximum Gasteiger partial charge on any atom is 0.191 e. The second kappa shape index (κ2) is 9.33. The zero-order chi connectivity index (χ0) is 13.5. The Bertz CT molecular complexity index is 410. The van der Waals surface area contributed by atoms with Gasteiger partial charge in [-0.15, -0.1) is 24.0 Å². The van der Waals surface area contributed by atoms with E-state index in [0.717, 1.165) is 30.3 Å². The minimum Gasteiger partial charge on any atom is -0.489 e. The first-order chi connectivity index (χ1) is 9.25. The number of guanidine groups is 1. The molecule has 1 saturated heterocycles. The molecular formula is C14H22IN3OS. The van der Waals surface area contributed by atoms with Crippen LogP contribution in [0.15, 0.2) is 35.3 Å². The average Bonchev–Trinajstić information content (AvgIpc) is 2.47. The number of hydrogen-bond acceptors (Lipinski definition) is 3. The van der Waals surface area contributed by atoms with Crippen molar-refractivity contribution < 1.29 is 4.74 Å². The van der Waals surface area contributed by atoms with Gasteiger partial charge < -0.3 is 15.4 Å². The van der Waals surface area contributed by atoms with Crippen molar-refractivity contribution in [3.63, 3.8) is 0 Å². The Balaban J connectivity index is 0.00000200. The van der Waals surface area contributed by atoms with E-state index in [1.54, 1.807) is 0 Å². The number of hydrogen-bond donors (Lipinski definition) is 1. The first-order valence-corrected chi connectivity index (χ1v) is 7.75. The summed E-state index contributed by atoms with van der Waals surface area (Å²) in [6, 6.07) is 9.80. The molecule has 6 heteroatoms. The Morgan fingerprint density at radius 2 is 2.00 bits per heavy atom. The molecule has 0 aromatic heterocycles. The number of ether oxygens (including phenoxy) is 1. The van der Waals surface area contributed by atoms with E-state index >= 15 is 0 Å². The summed E-state index contributed by atoms with van der Waals surface area (Å²) in [6.45, 7) is 4.59. The maximum atomic E-state index is 6.00. The van der Waals surface area contributed by atoms with Gasteiger partial charge in [-0.05, 0) is 19.1 Å². The van der Waals surface area contributed by atoms with Gasteiger partial charge in [0, 0.05) is 24.6 Å². The quantitative estimate of drug-likeness (QED) is 0.473. The van der Waals surface area contributed by atoms with Crippen LogP contribution in [0.25, 0.3) is 0 Å². The molecule has 1 fully saturated rings. The van der Waals surface area contributed by atoms with Crippen LogP contribution in [0.1, 0.15) is 6.92 Å². The van der Waals surface area contributed by atoms with E-state index in [4.69, 9.17) is 10.5 Å². The second-order valence-corrected chi connectivity index (χ2v) is 5.76. The number of halogens is 1. The highest BCUT2D eigenvalue weighted by atomic mass is 127. The Morgan fingerprint density at radius 1 is 1.35 bits per heavy atom. The van der Waals surface area contributed by atoms with Crippen LogP contribution in [-0.2, 0) is 0 Å². The zero-order valence-electron chi connectivity index (χ0n) is 11.7. The van der Waals surface area contributed by atoms with Gasteiger partial charge in [0.2, 0.25) is 0 Å². The van der Waals surface area contributed by atoms with Gasteiger partial charge in [-0.3, -0.25) is 0 Å². The molecule has 0 spiro atoms. The molecule has 1 aromatic rings. The monoisotopic (exact) mass is 407 g/mol. The van der Waals surface area contributed by atoms with Crippen LogP contribution < -0.4 is 10.5 Å². The van der Waals surface area contributed by atoms with Crippen LogP contribution in [0.5, 0.6) is 5.75 Å². The second-order valence-electron chi connectivity index (χ2n) is 4.54. The summed E-state index contributed by atoms with van der Waals surface area (Å²) >= 11 is 1.97. The molecule has 1 unspecified atom stereocenters. The molecule has 0 radical (unpaired) electrons. The molecule has 2 rings (SSSR count). The summed E-state index contributed by atoms with van der Waals surface area (Å²) in [5, 5.41) is 0. The molecule has 1 heterocycles. The van der Waals surface area contributed by atoms with Crippen LogP contribution in [0.3, 0.4) is 0 Å². The predicted molar refractivity (Wildman–Crippen MR) is 97.3 cm³/mol. The Hall–Kier alpha value is -0.630. The summed E-state index contributed by atoms with van der Waals surface area (Å²) in [7, 11) is 0. The smallest absolute Gasteiger partial charge is 0.191 e. The molecular weight excluding hydrogens is 385 g/mol. The lowest BCUT2D eigenvalue weighted by Crippen LogP contribution is -2.43. The molecule has 1 aromatic carbocycles. The lowest BCUT2D eigenvalue weighted by Gasteiger charge is -2.27. The number of rotatable bonds is 4. The van der Waals surface area contributed by atoms with Gasteiger partial charge >= 0.3 is 0 Å². The first-order valence-electron chi connectivity index (χ1n) is 6.60. The summed E-state index contributed by atoms with van der Waals surface area (Å²) < 4.78 is 5.77. The number of benzene rings is 1. The number of para-hydroxylation sites is 1. The fourth-order valence-corrected chi connectivity index (χ4v) is 2.79. The molecule has 1 aliphatic heterocycles. The summed E-state index contributed by atoms with van der Waals surface area (Å²) in [5.41, 5.74) is 6.00. The lowest BCUT2D eigenvalue weighted by molar-refractivity contribution is 0.229. The van der Waals surface area contributed by atoms with Gasteiger partial charge in [-0.2, -0.15) is 11.8 Å². The van der Waals surface area contributed by atoms with Crippen molar-refractivity contribution in [1.29, 1.82) is 0 Å². The first kappa shape index (κ1) is 17.4. The van der Waals surface area contributed by atoms with Crippen LogP contribution in [0.4, 0.5) is 0 Å². The summed E-state index contributed by atoms with van der Waals surface area (Å²) in [6.07, 6.45) is 0.0279. The standard InChI is InChI=1S/C14H21N3OS.HI/c1-12(18-13-5-3-2-4-6-13)11-16-14(15)17-7-9-19-10-8-17;/h2-6,12H,7-11H2,1H3,(H2,15,16);1H. The van der Waals surface area contributed by atoms with Gasteiger partial charge in [0.15, 0.2) is 5.96 Å². The van der Waals surface area contributed by atoms with Crippen molar-refractivity contribution >= 4 is 41.7 Å². The highest BCUT2D eigenvalue weighted by Crippen LogP contribution is 2.11. The lowest BCUT2D eigenvalue weighted by atomic mass is 10.3. The highest BCUT2D eigenvalue weighted by Gasteiger charge is 2.12. The van der Waals surface area contributed by atoms with Crippen molar-refractivity contribution in [2.75, 3.05) is 31.1 Å². The Morgan fingerprint density at radius 3 is 2.65 bits per heavy atom. The molecule has 0 aliphatic carbocycles. The van der Waals surface area contributed by atoms with E-state index < -0.39 is 0 Å². The Kier molecular flexibility index (Phi) is 8.13. The molecule has 20 heavy (non-hydrogen) atoms. The molecule has 4 nitrogen and oxygen atoms in total. The SMILES string of the molecule is CC(CN=C(N)N1CCSCC1)Oc1ccccc1.I. The molecule has 2 N–H and O–H groups in total. The fraction of sp³-hybridized carbons (Fsp3) is 0.500. The number of nitrogens with zero attached hydrogens (tertiary/aromatic N) is 2. The van der Waals surface area contributed by atoms with E-state index in [1.807, 2.05) is 49.0 Å². The van der Waals surface area contributed by atoms with E-state index in [2.05, 4.69) is 9.89 Å². The van der Waals surface area contributed by atoms with Crippen LogP contribution >= 0.6 is 35.7 Å². The van der Waals surface area contributed by atoms with Gasteiger partial charge in [0.25, 0.3) is 0 Å². The maximum absolute atomic E-state index is 6.00. The number of nitrogens with two attached hydrogens (primary N) is 1. The largest absolute Gasteiger partial charge is 0.489 e. The molecule has 0 bridgehead atoms. The van der Waals surface area contributed by atoms with Crippen molar-refractivity contribution in [3.8, 4) is 5.75 Å². The van der Waals surface area contributed by atoms with Gasteiger partial charge in [0.1, 0.15) is 11.9 Å². The summed E-state index contributed by atoms with van der Waals surface area (Å²) in [5.74, 6) is 3.78. The Labute approximate surface area is 142 Å². The van der Waals surface area contributed by atoms with Gasteiger partial charge in [0.05, 0.1) is 6.54 Å². The fourth-order valence-electron chi connectivity index (χ4n) is 1.88. The minimum absolute atomic E-state index is 0. The molecule has 1 atom stereocenters. The third-order valence-electron chi connectivity index (χ3n) is 2.93. The predicted octanol–water partition coefficient (Wildman–Crippen LogP) is 2.44. The van der Waals surface area contributed by atoms with Crippen LogP contribution in [-0.4, -0.2) is 48.1 Å². The summed E-state index contributed by atoms with van der Waals surface area (Å²) in [4.78, 5) is 6.57. The van der Waals surface area contributed by atoms with Crippen molar-refractivity contribution in [3.05, 3.63) is 30.3 Å². The topological polar surface area (TPSA) is 50.8 Å². The van der Waals surface area contributed by atoms with Crippen LogP contribution in [0, 0.1) is 0 Å². The van der Waals surface area contributed by atoms with Crippen LogP contribution in [0.2, 0.25) is 0 Å². The molecule has 1 aliphatic rings. The third kappa shape index (κ3) is 5.78. The highest BCUT2D eigenvalue weighted by molar-refractivity contribution is 14.0. The van der Waals surface area contributed by atoms with E-state index in [0.29, 0.717) is 12.5 Å². The van der Waals surface area contributed by atoms with Gasteiger partial charge in [-0.1, -0.05) is 18.2 Å². The van der Waals surface area contributed by atoms with Crippen molar-refractivity contribution in [1.82, 2.24) is 4.90 Å².